The molecule has 0 fully saturated rings. The van der Waals surface area contributed by atoms with Crippen LogP contribution in [0.25, 0.3) is 22.2 Å². The van der Waals surface area contributed by atoms with Gasteiger partial charge in [-0.1, -0.05) is 17.3 Å². The number of amides is 1. The number of aromatic nitrogens is 3. The molecule has 0 spiro atoms. The molecule has 1 amide bonds. The molecule has 2 heterocycles. The van der Waals surface area contributed by atoms with Crippen molar-refractivity contribution in [3.05, 3.63) is 69.7 Å². The fourth-order valence-electron chi connectivity index (χ4n) is 3.37. The largest absolute Gasteiger partial charge is 0.497 e. The van der Waals surface area contributed by atoms with Crippen LogP contribution in [-0.2, 0) is 4.79 Å². The van der Waals surface area contributed by atoms with Crippen LogP contribution >= 0.6 is 0 Å². The van der Waals surface area contributed by atoms with E-state index in [0.29, 0.717) is 22.5 Å². The first-order chi connectivity index (χ1) is 16.1. The van der Waals surface area contributed by atoms with Gasteiger partial charge in [-0.3, -0.25) is 9.59 Å². The van der Waals surface area contributed by atoms with Crippen LogP contribution in [0.15, 0.2) is 39.6 Å². The molecule has 8 nitrogen and oxygen atoms in total. The molecule has 4 rings (SSSR count). The predicted molar refractivity (Wildman–Crippen MR) is 112 cm³/mol. The molecule has 0 aliphatic rings. The second-order valence-corrected chi connectivity index (χ2v) is 7.30. The summed E-state index contributed by atoms with van der Waals surface area (Å²) >= 11 is 0. The first kappa shape index (κ1) is 23.0. The zero-order valence-corrected chi connectivity index (χ0v) is 18.0. The van der Waals surface area contributed by atoms with Crippen LogP contribution < -0.4 is 15.6 Å². The van der Waals surface area contributed by atoms with Gasteiger partial charge in [-0.25, -0.2) is 22.2 Å². The third-order valence-corrected chi connectivity index (χ3v) is 5.17. The lowest BCUT2D eigenvalue weighted by molar-refractivity contribution is -0.119. The highest BCUT2D eigenvalue weighted by Crippen LogP contribution is 2.30. The van der Waals surface area contributed by atoms with Gasteiger partial charge in [0.2, 0.25) is 5.91 Å². The average molecular weight is 476 g/mol. The molecular weight excluding hydrogens is 460 g/mol. The summed E-state index contributed by atoms with van der Waals surface area (Å²) < 4.78 is 66.1. The maximum Gasteiger partial charge on any atom is 0.297 e. The molecule has 0 saturated heterocycles. The lowest BCUT2D eigenvalue weighted by Crippen LogP contribution is -2.34. The van der Waals surface area contributed by atoms with E-state index in [1.54, 1.807) is 36.5 Å². The second kappa shape index (κ2) is 8.61. The van der Waals surface area contributed by atoms with Crippen molar-refractivity contribution in [2.24, 2.45) is 0 Å². The van der Waals surface area contributed by atoms with E-state index < -0.39 is 46.5 Å². The lowest BCUT2D eigenvalue weighted by atomic mass is 10.1. The first-order valence-electron chi connectivity index (χ1n) is 9.81. The summed E-state index contributed by atoms with van der Waals surface area (Å²) in [6.07, 6.45) is 0. The van der Waals surface area contributed by atoms with Gasteiger partial charge in [0.25, 0.3) is 5.56 Å². The van der Waals surface area contributed by atoms with Crippen LogP contribution in [0, 0.1) is 30.2 Å². The van der Waals surface area contributed by atoms with Crippen LogP contribution in [0.5, 0.6) is 5.75 Å². The van der Waals surface area contributed by atoms with Crippen LogP contribution in [0.2, 0.25) is 0 Å². The number of benzene rings is 2. The summed E-state index contributed by atoms with van der Waals surface area (Å²) in [5.74, 6) is -7.36. The molecule has 2 aromatic carbocycles. The monoisotopic (exact) mass is 476 g/mol. The summed E-state index contributed by atoms with van der Waals surface area (Å²) in [6, 6.07) is 5.22. The number of carbonyl (C=O) groups excluding carboxylic acids is 1. The zero-order valence-electron chi connectivity index (χ0n) is 18.0. The van der Waals surface area contributed by atoms with Gasteiger partial charge in [-0.2, -0.15) is 5.10 Å². The van der Waals surface area contributed by atoms with E-state index >= 15 is 0 Å². The van der Waals surface area contributed by atoms with E-state index in [2.05, 4.69) is 10.3 Å². The van der Waals surface area contributed by atoms with Crippen molar-refractivity contribution < 1.29 is 31.6 Å². The Morgan fingerprint density at radius 2 is 1.82 bits per heavy atom. The van der Waals surface area contributed by atoms with Crippen molar-refractivity contribution in [2.75, 3.05) is 12.4 Å². The highest BCUT2D eigenvalue weighted by atomic mass is 19.2. The summed E-state index contributed by atoms with van der Waals surface area (Å²) in [7, 11) is 1.47. The van der Waals surface area contributed by atoms with E-state index in [4.69, 9.17) is 9.26 Å². The Hall–Kier alpha value is -4.22. The zero-order chi connectivity index (χ0) is 24.7. The Balaban J connectivity index is 1.83. The Morgan fingerprint density at radius 3 is 2.47 bits per heavy atom. The van der Waals surface area contributed by atoms with Crippen molar-refractivity contribution in [2.45, 2.75) is 19.9 Å². The van der Waals surface area contributed by atoms with Gasteiger partial charge >= 0.3 is 0 Å². The number of nitrogens with one attached hydrogen (secondary N) is 1. The number of rotatable bonds is 5. The van der Waals surface area contributed by atoms with Crippen LogP contribution in [0.3, 0.4) is 0 Å². The molecule has 0 bridgehead atoms. The lowest BCUT2D eigenvalue weighted by Gasteiger charge is -2.16. The third-order valence-electron chi connectivity index (χ3n) is 5.17. The normalized spacial score (nSPS) is 12.1. The van der Waals surface area contributed by atoms with E-state index in [-0.39, 0.29) is 17.3 Å². The molecule has 1 atom stereocenters. The maximum absolute atomic E-state index is 14.0. The Kier molecular flexibility index (Phi) is 5.82. The minimum atomic E-state index is -1.79. The van der Waals surface area contributed by atoms with Crippen molar-refractivity contribution >= 4 is 22.5 Å². The quantitative estimate of drug-likeness (QED) is 0.344. The smallest absolute Gasteiger partial charge is 0.297 e. The molecule has 0 aliphatic heterocycles. The summed E-state index contributed by atoms with van der Waals surface area (Å²) in [5.41, 5.74) is -1.57. The number of aryl methyl sites for hydroxylation is 1. The number of carbonyl (C=O) groups is 1. The number of nitrogens with zero attached hydrogens (tertiary/aromatic N) is 3. The Bertz CT molecular complexity index is 1470. The fourth-order valence-corrected chi connectivity index (χ4v) is 3.37. The summed E-state index contributed by atoms with van der Waals surface area (Å²) in [5, 5.41) is 10.1. The maximum atomic E-state index is 14.0. The molecule has 2 aromatic heterocycles. The highest BCUT2D eigenvalue weighted by molar-refractivity contribution is 5.95. The summed E-state index contributed by atoms with van der Waals surface area (Å²) in [4.78, 5) is 25.7. The van der Waals surface area contributed by atoms with E-state index in [1.807, 2.05) is 0 Å². The van der Waals surface area contributed by atoms with Gasteiger partial charge in [0.1, 0.15) is 28.9 Å². The fraction of sp³-hybridized carbons (Fsp3) is 0.182. The highest BCUT2D eigenvalue weighted by Gasteiger charge is 2.27. The van der Waals surface area contributed by atoms with Gasteiger partial charge in [-0.05, 0) is 26.0 Å². The third kappa shape index (κ3) is 3.76. The van der Waals surface area contributed by atoms with Gasteiger partial charge in [0.05, 0.1) is 12.5 Å². The molecule has 0 saturated carbocycles. The average Bonchev–Trinajstić information content (AvgIpc) is 3.22. The minimum Gasteiger partial charge on any atom is -0.497 e. The number of ether oxygens (including phenoxy) is 1. The van der Waals surface area contributed by atoms with Gasteiger partial charge in [0, 0.05) is 11.6 Å². The molecule has 4 aromatic rings. The van der Waals surface area contributed by atoms with E-state index in [0.717, 1.165) is 4.68 Å². The van der Waals surface area contributed by atoms with Crippen molar-refractivity contribution in [3.63, 3.8) is 0 Å². The van der Waals surface area contributed by atoms with Crippen molar-refractivity contribution in [3.8, 4) is 17.0 Å². The van der Waals surface area contributed by atoms with Crippen molar-refractivity contribution in [1.82, 2.24) is 14.9 Å². The van der Waals surface area contributed by atoms with Crippen LogP contribution in [0.4, 0.5) is 23.2 Å². The number of fused-ring (bicyclic) bond motifs is 1. The van der Waals surface area contributed by atoms with Gasteiger partial charge < -0.3 is 14.6 Å². The second-order valence-electron chi connectivity index (χ2n) is 7.30. The molecule has 0 unspecified atom stereocenters. The molecule has 34 heavy (non-hydrogen) atoms. The number of hydrogen-bond donors (Lipinski definition) is 1. The first-order valence-corrected chi connectivity index (χ1v) is 9.81. The number of methoxy groups -OCH3 is 1. The topological polar surface area (TPSA) is 99.2 Å². The van der Waals surface area contributed by atoms with E-state index in [9.17, 15) is 27.2 Å². The van der Waals surface area contributed by atoms with Crippen LogP contribution in [-0.4, -0.2) is 28.0 Å². The van der Waals surface area contributed by atoms with Gasteiger partial charge in [-0.15, -0.1) is 0 Å². The number of halogens is 4. The SMILES string of the molecule is COc1cccc(-c2nn([C@@H](C)C(=O)Nc3c(F)c(F)cc(F)c3F)c(=O)c3noc(C)c23)c1. The molecule has 12 heteroatoms. The molecule has 176 valence electrons. The summed E-state index contributed by atoms with van der Waals surface area (Å²) in [6.45, 7) is 2.79. The van der Waals surface area contributed by atoms with Gasteiger partial charge in [0.15, 0.2) is 28.8 Å². The van der Waals surface area contributed by atoms with E-state index in [1.165, 1.54) is 14.0 Å². The predicted octanol–water partition coefficient (Wildman–Crippen LogP) is 4.12. The van der Waals surface area contributed by atoms with Crippen molar-refractivity contribution in [1.29, 1.82) is 0 Å². The standard InChI is InChI=1S/C22H16F4N4O4/c1-9(21(31)27-20-16(25)13(23)8-14(24)17(20)26)30-22(32)19-15(10(2)34-29-19)18(28-30)11-5-4-6-12(7-11)33-3/h4-9H,1-3H3,(H,27,31)/t9-/m0/s1. The van der Waals surface area contributed by atoms with Crippen LogP contribution in [0.1, 0.15) is 18.7 Å². The Morgan fingerprint density at radius 1 is 1.15 bits per heavy atom. The number of anilines is 1. The molecular formula is C22H16F4N4O4. The molecule has 0 radical (unpaired) electrons. The Labute approximate surface area is 188 Å². The molecule has 0 aliphatic carbocycles. The number of hydrogen-bond acceptors (Lipinski definition) is 6. The minimum absolute atomic E-state index is 0.0110. The molecule has 1 N–H and O–H groups in total.